The lowest BCUT2D eigenvalue weighted by Crippen LogP contribution is -2.44. The third-order valence-electron chi connectivity index (χ3n) is 3.35. The Balaban J connectivity index is 2.18. The van der Waals surface area contributed by atoms with E-state index in [2.05, 4.69) is 22.8 Å². The number of benzene rings is 1. The summed E-state index contributed by atoms with van der Waals surface area (Å²) in [5.74, 6) is 0.897. The summed E-state index contributed by atoms with van der Waals surface area (Å²) in [4.78, 5) is 26.1. The van der Waals surface area contributed by atoms with Crippen LogP contribution in [0.4, 0.5) is 4.79 Å². The molecule has 0 fully saturated rings. The molecule has 1 rings (SSSR count). The monoisotopic (exact) mass is 323 g/mol. The van der Waals surface area contributed by atoms with Gasteiger partial charge in [0.25, 0.3) is 0 Å². The summed E-state index contributed by atoms with van der Waals surface area (Å²) in [6, 6.07) is 9.94. The lowest BCUT2D eigenvalue weighted by Gasteiger charge is -2.24. The molecule has 1 aromatic rings. The molecule has 0 bridgehead atoms. The van der Waals surface area contributed by atoms with Gasteiger partial charge in [0.15, 0.2) is 0 Å². The van der Waals surface area contributed by atoms with Gasteiger partial charge in [0.05, 0.1) is 0 Å². The summed E-state index contributed by atoms with van der Waals surface area (Å²) in [5.41, 5.74) is 0. The minimum absolute atomic E-state index is 0.0635. The maximum absolute atomic E-state index is 12.0. The number of thioether (sulfide) groups is 1. The van der Waals surface area contributed by atoms with Crippen LogP contribution in [0.25, 0.3) is 0 Å². The molecule has 122 valence electrons. The van der Waals surface area contributed by atoms with Crippen molar-refractivity contribution in [1.82, 2.24) is 15.5 Å². The molecule has 1 aromatic carbocycles. The van der Waals surface area contributed by atoms with E-state index in [1.807, 2.05) is 25.1 Å². The highest BCUT2D eigenvalue weighted by Gasteiger charge is 2.17. The third kappa shape index (κ3) is 6.85. The van der Waals surface area contributed by atoms with Gasteiger partial charge >= 0.3 is 6.03 Å². The number of rotatable bonds is 8. The quantitative estimate of drug-likeness (QED) is 0.570. The van der Waals surface area contributed by atoms with Crippen molar-refractivity contribution >= 4 is 23.7 Å². The summed E-state index contributed by atoms with van der Waals surface area (Å²) in [7, 11) is 3.31. The molecule has 0 aliphatic carbocycles. The van der Waals surface area contributed by atoms with Gasteiger partial charge in [0.2, 0.25) is 5.91 Å². The van der Waals surface area contributed by atoms with Crippen molar-refractivity contribution < 1.29 is 9.59 Å². The SMILES string of the molecule is CNC(=O)C[C@@H](C)N(C)C(=O)NCCCSc1ccccc1. The smallest absolute Gasteiger partial charge is 0.317 e. The second-order valence-corrected chi connectivity index (χ2v) is 6.25. The molecule has 0 radical (unpaired) electrons. The van der Waals surface area contributed by atoms with Crippen LogP contribution in [0, 0.1) is 0 Å². The maximum atomic E-state index is 12.0. The molecule has 5 nitrogen and oxygen atoms in total. The standard InChI is InChI=1S/C16H25N3O2S/c1-13(12-15(20)17-2)19(3)16(21)18-10-7-11-22-14-8-5-4-6-9-14/h4-6,8-9,13H,7,10-12H2,1-3H3,(H,17,20)(H,18,21)/t13-/m1/s1. The number of amides is 3. The van der Waals surface area contributed by atoms with Gasteiger partial charge in [-0.15, -0.1) is 11.8 Å². The predicted octanol–water partition coefficient (Wildman–Crippen LogP) is 2.33. The molecule has 22 heavy (non-hydrogen) atoms. The normalized spacial score (nSPS) is 11.6. The van der Waals surface area contributed by atoms with E-state index in [0.717, 1.165) is 12.2 Å². The molecule has 0 spiro atoms. The molecule has 0 aromatic heterocycles. The largest absolute Gasteiger partial charge is 0.359 e. The molecule has 0 unspecified atom stereocenters. The first-order valence-electron chi connectivity index (χ1n) is 7.43. The first kappa shape index (κ1) is 18.4. The Morgan fingerprint density at radius 1 is 1.27 bits per heavy atom. The summed E-state index contributed by atoms with van der Waals surface area (Å²) < 4.78 is 0. The van der Waals surface area contributed by atoms with Crippen LogP contribution < -0.4 is 10.6 Å². The van der Waals surface area contributed by atoms with E-state index < -0.39 is 0 Å². The van der Waals surface area contributed by atoms with Crippen molar-refractivity contribution in [3.8, 4) is 0 Å². The first-order valence-corrected chi connectivity index (χ1v) is 8.42. The fourth-order valence-corrected chi connectivity index (χ4v) is 2.68. The number of nitrogens with zero attached hydrogens (tertiary/aromatic N) is 1. The summed E-state index contributed by atoms with van der Waals surface area (Å²) >= 11 is 1.78. The third-order valence-corrected chi connectivity index (χ3v) is 4.45. The number of carbonyl (C=O) groups is 2. The molecule has 0 heterocycles. The van der Waals surface area contributed by atoms with Crippen molar-refractivity contribution in [3.05, 3.63) is 30.3 Å². The number of nitrogens with one attached hydrogen (secondary N) is 2. The van der Waals surface area contributed by atoms with E-state index >= 15 is 0 Å². The zero-order valence-electron chi connectivity index (χ0n) is 13.5. The molecular formula is C16H25N3O2S. The van der Waals surface area contributed by atoms with Crippen LogP contribution in [-0.4, -0.2) is 49.3 Å². The van der Waals surface area contributed by atoms with Gasteiger partial charge in [-0.1, -0.05) is 18.2 Å². The Morgan fingerprint density at radius 3 is 2.59 bits per heavy atom. The Kier molecular flexibility index (Phi) is 8.43. The van der Waals surface area contributed by atoms with Crippen molar-refractivity contribution in [2.75, 3.05) is 26.4 Å². The van der Waals surface area contributed by atoms with Gasteiger partial charge in [-0.3, -0.25) is 4.79 Å². The molecular weight excluding hydrogens is 298 g/mol. The van der Waals surface area contributed by atoms with E-state index in [-0.39, 0.29) is 18.0 Å². The molecule has 2 N–H and O–H groups in total. The van der Waals surface area contributed by atoms with Crippen LogP contribution >= 0.6 is 11.8 Å². The van der Waals surface area contributed by atoms with Crippen LogP contribution in [0.2, 0.25) is 0 Å². The van der Waals surface area contributed by atoms with Gasteiger partial charge in [-0.25, -0.2) is 4.79 Å². The Hall–Kier alpha value is -1.69. The molecule has 0 saturated carbocycles. The number of carbonyl (C=O) groups excluding carboxylic acids is 2. The van der Waals surface area contributed by atoms with E-state index in [4.69, 9.17) is 0 Å². The van der Waals surface area contributed by atoms with Crippen LogP contribution in [0.15, 0.2) is 35.2 Å². The average Bonchev–Trinajstić information content (AvgIpc) is 2.54. The zero-order valence-corrected chi connectivity index (χ0v) is 14.3. The topological polar surface area (TPSA) is 61.4 Å². The van der Waals surface area contributed by atoms with E-state index in [1.54, 1.807) is 30.8 Å². The van der Waals surface area contributed by atoms with Crippen LogP contribution in [0.5, 0.6) is 0 Å². The van der Waals surface area contributed by atoms with Gasteiger partial charge < -0.3 is 15.5 Å². The second kappa shape index (κ2) is 10.1. The van der Waals surface area contributed by atoms with Crippen molar-refractivity contribution in [2.24, 2.45) is 0 Å². The van der Waals surface area contributed by atoms with Crippen LogP contribution in [-0.2, 0) is 4.79 Å². The highest BCUT2D eigenvalue weighted by Crippen LogP contribution is 2.17. The highest BCUT2D eigenvalue weighted by atomic mass is 32.2. The molecule has 6 heteroatoms. The molecule has 0 aliphatic heterocycles. The van der Waals surface area contributed by atoms with Crippen LogP contribution in [0.1, 0.15) is 19.8 Å². The zero-order chi connectivity index (χ0) is 16.4. The van der Waals surface area contributed by atoms with Gasteiger partial charge in [-0.05, 0) is 31.2 Å². The summed E-state index contributed by atoms with van der Waals surface area (Å²) in [6.45, 7) is 2.50. The molecule has 0 aliphatic rings. The number of hydrogen-bond donors (Lipinski definition) is 2. The first-order chi connectivity index (χ1) is 10.5. The lowest BCUT2D eigenvalue weighted by molar-refractivity contribution is -0.121. The van der Waals surface area contributed by atoms with E-state index in [0.29, 0.717) is 13.0 Å². The molecule has 0 saturated heterocycles. The van der Waals surface area contributed by atoms with Crippen molar-refractivity contribution in [1.29, 1.82) is 0 Å². The van der Waals surface area contributed by atoms with Gasteiger partial charge in [-0.2, -0.15) is 0 Å². The lowest BCUT2D eigenvalue weighted by atomic mass is 10.2. The van der Waals surface area contributed by atoms with E-state index in [9.17, 15) is 9.59 Å². The fraction of sp³-hybridized carbons (Fsp3) is 0.500. The second-order valence-electron chi connectivity index (χ2n) is 5.08. The average molecular weight is 323 g/mol. The van der Waals surface area contributed by atoms with Crippen LogP contribution in [0.3, 0.4) is 0 Å². The van der Waals surface area contributed by atoms with Crippen molar-refractivity contribution in [3.63, 3.8) is 0 Å². The minimum atomic E-state index is -0.138. The Bertz CT molecular complexity index is 468. The number of urea groups is 1. The predicted molar refractivity (Wildman–Crippen MR) is 91.1 cm³/mol. The van der Waals surface area contributed by atoms with Gasteiger partial charge in [0, 0.05) is 38.0 Å². The summed E-state index contributed by atoms with van der Waals surface area (Å²) in [5, 5.41) is 5.45. The highest BCUT2D eigenvalue weighted by molar-refractivity contribution is 7.99. The molecule has 3 amide bonds. The minimum Gasteiger partial charge on any atom is -0.359 e. The van der Waals surface area contributed by atoms with Gasteiger partial charge in [0.1, 0.15) is 0 Å². The van der Waals surface area contributed by atoms with Crippen molar-refractivity contribution in [2.45, 2.75) is 30.7 Å². The van der Waals surface area contributed by atoms with E-state index in [1.165, 1.54) is 4.90 Å². The molecule has 1 atom stereocenters. The fourth-order valence-electron chi connectivity index (χ4n) is 1.81. The maximum Gasteiger partial charge on any atom is 0.317 e. The Morgan fingerprint density at radius 2 is 1.95 bits per heavy atom. The summed E-state index contributed by atoms with van der Waals surface area (Å²) in [6.07, 6.45) is 1.22. The number of hydrogen-bond acceptors (Lipinski definition) is 3. The Labute approximate surface area is 136 Å².